The van der Waals surface area contributed by atoms with Gasteiger partial charge >= 0.3 is 0 Å². The van der Waals surface area contributed by atoms with Crippen LogP contribution < -0.4 is 5.32 Å². The monoisotopic (exact) mass is 100 g/mol. The van der Waals surface area contributed by atoms with Gasteiger partial charge < -0.3 is 5.11 Å². The molecular formula is C5H10NO+. The summed E-state index contributed by atoms with van der Waals surface area (Å²) in [7, 11) is 0. The van der Waals surface area contributed by atoms with Crippen molar-refractivity contribution in [2.24, 2.45) is 0 Å². The van der Waals surface area contributed by atoms with Crippen LogP contribution in [0.2, 0.25) is 0 Å². The lowest BCUT2D eigenvalue weighted by atomic mass is 10.1. The van der Waals surface area contributed by atoms with Crippen LogP contribution in [0.3, 0.4) is 0 Å². The van der Waals surface area contributed by atoms with Crippen molar-refractivity contribution in [1.82, 2.24) is 5.32 Å². The average molecular weight is 100 g/mol. The van der Waals surface area contributed by atoms with Crippen molar-refractivity contribution in [3.05, 3.63) is 0 Å². The fourth-order valence-electron chi connectivity index (χ4n) is 0.737. The van der Waals surface area contributed by atoms with E-state index < -0.39 is 0 Å². The topological polar surface area (TPSA) is 34.3 Å². The van der Waals surface area contributed by atoms with E-state index in [1.54, 1.807) is 0 Å². The second-order valence-electron chi connectivity index (χ2n) is 1.90. The van der Waals surface area contributed by atoms with Crippen molar-refractivity contribution >= 4 is 0 Å². The van der Waals surface area contributed by atoms with E-state index in [9.17, 15) is 0 Å². The number of hydrogen-bond acceptors (Lipinski definition) is 1. The maximum atomic E-state index is 8.85. The Labute approximate surface area is 43.5 Å². The average Bonchev–Trinajstić information content (AvgIpc) is 1.69. The van der Waals surface area contributed by atoms with E-state index in [4.69, 9.17) is 5.11 Å². The van der Waals surface area contributed by atoms with Gasteiger partial charge in [-0.2, -0.15) is 0 Å². The second kappa shape index (κ2) is 2.28. The largest absolute Gasteiger partial charge is 0.393 e. The van der Waals surface area contributed by atoms with Crippen molar-refractivity contribution in [2.45, 2.75) is 18.9 Å². The highest BCUT2D eigenvalue weighted by atomic mass is 16.3. The van der Waals surface area contributed by atoms with E-state index >= 15 is 0 Å². The fourth-order valence-corrected chi connectivity index (χ4v) is 0.737. The molecule has 1 fully saturated rings. The van der Waals surface area contributed by atoms with Crippen LogP contribution in [-0.4, -0.2) is 24.3 Å². The number of aliphatic hydroxyl groups is 1. The molecule has 1 heterocycles. The third kappa shape index (κ3) is 1.45. The molecule has 2 heteroatoms. The first-order valence-corrected chi connectivity index (χ1v) is 2.71. The SMILES string of the molecule is OC1CC[N+]CC1. The molecule has 1 N–H and O–H groups in total. The van der Waals surface area contributed by atoms with Crippen LogP contribution in [0.4, 0.5) is 0 Å². The predicted molar refractivity (Wildman–Crippen MR) is 27.1 cm³/mol. The number of aliphatic hydroxyl groups excluding tert-OH is 1. The van der Waals surface area contributed by atoms with Gasteiger partial charge in [0.05, 0.1) is 11.4 Å². The van der Waals surface area contributed by atoms with Crippen LogP contribution in [0.15, 0.2) is 0 Å². The van der Waals surface area contributed by atoms with Crippen LogP contribution >= 0.6 is 0 Å². The summed E-state index contributed by atoms with van der Waals surface area (Å²) >= 11 is 0. The molecule has 0 aliphatic carbocycles. The molecule has 0 aromatic carbocycles. The second-order valence-corrected chi connectivity index (χ2v) is 1.90. The first-order chi connectivity index (χ1) is 3.39. The molecule has 2 nitrogen and oxygen atoms in total. The fraction of sp³-hybridized carbons (Fsp3) is 1.00. The normalized spacial score (nSPS) is 25.3. The lowest BCUT2D eigenvalue weighted by Gasteiger charge is -2.05. The van der Waals surface area contributed by atoms with Gasteiger partial charge in [-0.25, -0.2) is 0 Å². The van der Waals surface area contributed by atoms with Gasteiger partial charge in [0.2, 0.25) is 0 Å². The zero-order chi connectivity index (χ0) is 5.11. The minimum atomic E-state index is -0.0579. The molecule has 0 aromatic rings. The van der Waals surface area contributed by atoms with Gasteiger partial charge in [-0.05, 0) is 0 Å². The third-order valence-electron chi connectivity index (χ3n) is 1.24. The lowest BCUT2D eigenvalue weighted by Crippen LogP contribution is -2.25. The van der Waals surface area contributed by atoms with Crippen LogP contribution in [0.5, 0.6) is 0 Å². The van der Waals surface area contributed by atoms with Crippen molar-refractivity contribution < 1.29 is 5.11 Å². The molecular weight excluding hydrogens is 90.1 g/mol. The van der Waals surface area contributed by atoms with Gasteiger partial charge in [0, 0.05) is 12.8 Å². The summed E-state index contributed by atoms with van der Waals surface area (Å²) in [6.45, 7) is 1.72. The zero-order valence-corrected chi connectivity index (χ0v) is 4.30. The first-order valence-electron chi connectivity index (χ1n) is 2.71. The van der Waals surface area contributed by atoms with Crippen molar-refractivity contribution in [3.8, 4) is 0 Å². The van der Waals surface area contributed by atoms with E-state index in [2.05, 4.69) is 5.32 Å². The van der Waals surface area contributed by atoms with Crippen LogP contribution in [0, 0.1) is 0 Å². The molecule has 40 valence electrons. The zero-order valence-electron chi connectivity index (χ0n) is 4.30. The molecule has 1 saturated heterocycles. The third-order valence-corrected chi connectivity index (χ3v) is 1.24. The van der Waals surface area contributed by atoms with E-state index in [0.29, 0.717) is 0 Å². The summed E-state index contributed by atoms with van der Waals surface area (Å²) in [5, 5.41) is 12.9. The predicted octanol–water partition coefficient (Wildman–Crippen LogP) is -0.254. The summed E-state index contributed by atoms with van der Waals surface area (Å²) in [5.74, 6) is 0. The Kier molecular flexibility index (Phi) is 1.65. The van der Waals surface area contributed by atoms with Crippen molar-refractivity contribution in [2.75, 3.05) is 13.1 Å². The van der Waals surface area contributed by atoms with E-state index in [1.165, 1.54) is 0 Å². The minimum Gasteiger partial charge on any atom is -0.393 e. The van der Waals surface area contributed by atoms with Crippen LogP contribution in [0.1, 0.15) is 12.8 Å². The first kappa shape index (κ1) is 5.06. The smallest absolute Gasteiger partial charge is 0.186 e. The molecule has 1 rings (SSSR count). The summed E-state index contributed by atoms with van der Waals surface area (Å²) < 4.78 is 0. The molecule has 1 aliphatic rings. The molecule has 0 unspecified atom stereocenters. The molecule has 0 saturated carbocycles. The summed E-state index contributed by atoms with van der Waals surface area (Å²) in [5.41, 5.74) is 0. The number of nitrogens with zero attached hydrogens (tertiary/aromatic N) is 1. The van der Waals surface area contributed by atoms with Crippen molar-refractivity contribution in [3.63, 3.8) is 0 Å². The van der Waals surface area contributed by atoms with Crippen LogP contribution in [-0.2, 0) is 0 Å². The molecule has 7 heavy (non-hydrogen) atoms. The highest BCUT2D eigenvalue weighted by Crippen LogP contribution is 2.00. The van der Waals surface area contributed by atoms with Gasteiger partial charge in [-0.3, -0.25) is 0 Å². The Morgan fingerprint density at radius 2 is 1.86 bits per heavy atom. The lowest BCUT2D eigenvalue weighted by molar-refractivity contribution is 0.136. The number of piperidine rings is 1. The van der Waals surface area contributed by atoms with Crippen molar-refractivity contribution in [1.29, 1.82) is 0 Å². The molecule has 0 amide bonds. The Hall–Kier alpha value is -0.0800. The van der Waals surface area contributed by atoms with Gasteiger partial charge in [-0.1, -0.05) is 0 Å². The number of rotatable bonds is 0. The Morgan fingerprint density at radius 1 is 1.29 bits per heavy atom. The molecule has 0 aromatic heterocycles. The minimum absolute atomic E-state index is 0.0579. The Bertz CT molecular complexity index is 50.0. The van der Waals surface area contributed by atoms with Gasteiger partial charge in [0.15, 0.2) is 13.1 Å². The molecule has 1 aliphatic heterocycles. The quantitative estimate of drug-likeness (QED) is 0.447. The molecule has 2 radical (unpaired) electrons. The summed E-state index contributed by atoms with van der Waals surface area (Å²) in [6, 6.07) is 0. The Morgan fingerprint density at radius 3 is 2.14 bits per heavy atom. The summed E-state index contributed by atoms with van der Waals surface area (Å²) in [4.78, 5) is 0. The molecule has 0 bridgehead atoms. The summed E-state index contributed by atoms with van der Waals surface area (Å²) in [6.07, 6.45) is 1.69. The maximum Gasteiger partial charge on any atom is 0.186 e. The van der Waals surface area contributed by atoms with Gasteiger partial charge in [0.1, 0.15) is 0 Å². The number of hydrogen-bond donors (Lipinski definition) is 1. The highest BCUT2D eigenvalue weighted by Gasteiger charge is 2.17. The van der Waals surface area contributed by atoms with Gasteiger partial charge in [-0.15, -0.1) is 0 Å². The maximum absolute atomic E-state index is 8.85. The molecule has 0 atom stereocenters. The molecule has 0 spiro atoms. The Balaban J connectivity index is 2.12. The van der Waals surface area contributed by atoms with E-state index in [-0.39, 0.29) is 6.10 Å². The van der Waals surface area contributed by atoms with Crippen LogP contribution in [0.25, 0.3) is 0 Å². The van der Waals surface area contributed by atoms with E-state index in [0.717, 1.165) is 25.9 Å². The standard InChI is InChI=1S/C5H10NO/c7-5-1-3-6-4-2-5/h5,7H,1-4H2/q+1. The highest BCUT2D eigenvalue weighted by molar-refractivity contribution is 4.64. The van der Waals surface area contributed by atoms with Gasteiger partial charge in [0.25, 0.3) is 0 Å². The van der Waals surface area contributed by atoms with E-state index in [1.807, 2.05) is 0 Å².